The van der Waals surface area contributed by atoms with Crippen molar-refractivity contribution in [3.05, 3.63) is 157 Å². The van der Waals surface area contributed by atoms with Crippen LogP contribution >= 0.6 is 11.3 Å². The van der Waals surface area contributed by atoms with E-state index in [1.807, 2.05) is 11.3 Å². The molecule has 2 aliphatic rings. The van der Waals surface area contributed by atoms with E-state index in [-0.39, 0.29) is 6.04 Å². The van der Waals surface area contributed by atoms with Gasteiger partial charge in [-0.3, -0.25) is 0 Å². The van der Waals surface area contributed by atoms with E-state index >= 15 is 0 Å². The standard InChI is InChI=1S/C41H27N3S/c1-5-15-35-28(10-1)29-11-2-6-16-36(29)43(35)27-21-23-40-33(25-27)32-24-26(20-22-39(32)45-40)34-14-9-19-41(42-34)44-37-17-7-3-12-30(37)31-13-4-8-18-38(31)44/h1-25,30,37H. The van der Waals surface area contributed by atoms with Crippen molar-refractivity contribution < 1.29 is 0 Å². The van der Waals surface area contributed by atoms with Crippen LogP contribution in [0.4, 0.5) is 11.5 Å². The molecule has 8 aromatic rings. The fraction of sp³-hybridized carbons (Fsp3) is 0.0488. The van der Waals surface area contributed by atoms with Gasteiger partial charge in [-0.15, -0.1) is 11.3 Å². The van der Waals surface area contributed by atoms with Gasteiger partial charge in [0.15, 0.2) is 0 Å². The largest absolute Gasteiger partial charge is 0.318 e. The fourth-order valence-electron chi connectivity index (χ4n) is 7.54. The predicted octanol–water partition coefficient (Wildman–Crippen LogP) is 10.9. The molecule has 4 heteroatoms. The van der Waals surface area contributed by atoms with E-state index in [1.165, 1.54) is 58.9 Å². The Morgan fingerprint density at radius 3 is 2.13 bits per heavy atom. The van der Waals surface area contributed by atoms with E-state index in [4.69, 9.17) is 4.98 Å². The Morgan fingerprint density at radius 1 is 0.578 bits per heavy atom. The maximum Gasteiger partial charge on any atom is 0.134 e. The quantitative estimate of drug-likeness (QED) is 0.203. The van der Waals surface area contributed by atoms with Crippen LogP contribution in [0.5, 0.6) is 0 Å². The Hall–Kier alpha value is -5.45. The van der Waals surface area contributed by atoms with Crippen LogP contribution in [-0.2, 0) is 0 Å². The minimum Gasteiger partial charge on any atom is -0.318 e. The Labute approximate surface area is 264 Å². The molecule has 0 fully saturated rings. The molecule has 2 unspecified atom stereocenters. The number of benzene rings is 5. The van der Waals surface area contributed by atoms with Gasteiger partial charge in [0.25, 0.3) is 0 Å². The number of aromatic nitrogens is 2. The van der Waals surface area contributed by atoms with E-state index in [0.29, 0.717) is 5.92 Å². The van der Waals surface area contributed by atoms with E-state index in [2.05, 4.69) is 161 Å². The monoisotopic (exact) mass is 593 g/mol. The number of anilines is 2. The number of para-hydroxylation sites is 3. The summed E-state index contributed by atoms with van der Waals surface area (Å²) in [5.74, 6) is 1.32. The van der Waals surface area contributed by atoms with E-state index in [0.717, 1.165) is 17.1 Å². The van der Waals surface area contributed by atoms with Gasteiger partial charge in [0.2, 0.25) is 0 Å². The molecular formula is C41H27N3S. The summed E-state index contributed by atoms with van der Waals surface area (Å²) in [4.78, 5) is 7.68. The van der Waals surface area contributed by atoms with Crippen molar-refractivity contribution in [2.75, 3.05) is 4.90 Å². The van der Waals surface area contributed by atoms with Gasteiger partial charge in [0, 0.05) is 53.8 Å². The normalized spacial score (nSPS) is 17.1. The van der Waals surface area contributed by atoms with Gasteiger partial charge < -0.3 is 9.47 Å². The minimum absolute atomic E-state index is 0.234. The Kier molecular flexibility index (Phi) is 5.28. The summed E-state index contributed by atoms with van der Waals surface area (Å²) >= 11 is 1.86. The molecule has 3 nitrogen and oxygen atoms in total. The summed E-state index contributed by atoms with van der Waals surface area (Å²) in [6.45, 7) is 0. The summed E-state index contributed by atoms with van der Waals surface area (Å²) < 4.78 is 4.99. The van der Waals surface area contributed by atoms with Gasteiger partial charge in [-0.1, -0.05) is 91.0 Å². The Bertz CT molecular complexity index is 2480. The van der Waals surface area contributed by atoms with Gasteiger partial charge in [-0.25, -0.2) is 4.98 Å². The minimum atomic E-state index is 0.234. The molecule has 1 aliphatic heterocycles. The summed E-state index contributed by atoms with van der Waals surface area (Å²) in [5.41, 5.74) is 8.37. The van der Waals surface area contributed by atoms with Crippen LogP contribution < -0.4 is 4.90 Å². The number of hydrogen-bond acceptors (Lipinski definition) is 3. The molecule has 0 radical (unpaired) electrons. The Morgan fingerprint density at radius 2 is 1.29 bits per heavy atom. The number of nitrogens with zero attached hydrogens (tertiary/aromatic N) is 3. The zero-order valence-electron chi connectivity index (χ0n) is 24.3. The van der Waals surface area contributed by atoms with Crippen molar-refractivity contribution in [1.29, 1.82) is 0 Å². The van der Waals surface area contributed by atoms with Crippen molar-refractivity contribution in [2.45, 2.75) is 12.0 Å². The first-order valence-electron chi connectivity index (χ1n) is 15.5. The van der Waals surface area contributed by atoms with E-state index in [9.17, 15) is 0 Å². The molecule has 212 valence electrons. The molecular weight excluding hydrogens is 567 g/mol. The van der Waals surface area contributed by atoms with Crippen molar-refractivity contribution in [3.8, 4) is 16.9 Å². The number of pyridine rings is 1. The van der Waals surface area contributed by atoms with Crippen LogP contribution in [0.15, 0.2) is 152 Å². The third-order valence-corrected chi connectivity index (χ3v) is 10.7. The lowest BCUT2D eigenvalue weighted by Gasteiger charge is -2.28. The molecule has 5 aromatic carbocycles. The molecule has 45 heavy (non-hydrogen) atoms. The lowest BCUT2D eigenvalue weighted by molar-refractivity contribution is 0.738. The van der Waals surface area contributed by atoms with Crippen LogP contribution in [0.1, 0.15) is 11.5 Å². The molecule has 0 amide bonds. The van der Waals surface area contributed by atoms with Crippen molar-refractivity contribution >= 4 is 64.8 Å². The van der Waals surface area contributed by atoms with E-state index < -0.39 is 0 Å². The fourth-order valence-corrected chi connectivity index (χ4v) is 8.60. The Balaban J connectivity index is 1.11. The van der Waals surface area contributed by atoms with Gasteiger partial charge in [0.05, 0.1) is 22.8 Å². The SMILES string of the molecule is C1=CC2c3ccccc3N(c3cccc(-c4ccc5sc6ccc(-n7c8ccccc8c8ccccc87)cc6c5c4)n3)C2C=C1. The number of fused-ring (bicyclic) bond motifs is 9. The van der Waals surface area contributed by atoms with Crippen LogP contribution in [0.25, 0.3) is 58.9 Å². The van der Waals surface area contributed by atoms with Crippen LogP contribution in [0.3, 0.4) is 0 Å². The topological polar surface area (TPSA) is 21.1 Å². The molecule has 0 saturated heterocycles. The van der Waals surface area contributed by atoms with Crippen LogP contribution in [-0.4, -0.2) is 15.6 Å². The van der Waals surface area contributed by atoms with Gasteiger partial charge in [0.1, 0.15) is 5.82 Å². The molecule has 2 atom stereocenters. The zero-order chi connectivity index (χ0) is 29.5. The average Bonchev–Trinajstić information content (AvgIpc) is 3.75. The first kappa shape index (κ1) is 24.9. The molecule has 0 spiro atoms. The van der Waals surface area contributed by atoms with Crippen molar-refractivity contribution in [3.63, 3.8) is 0 Å². The summed E-state index contributed by atoms with van der Waals surface area (Å²) in [7, 11) is 0. The number of thiophene rings is 1. The van der Waals surface area contributed by atoms with E-state index in [1.54, 1.807) is 0 Å². The number of allylic oxidation sites excluding steroid dienone is 2. The van der Waals surface area contributed by atoms with Gasteiger partial charge in [-0.05, 0) is 66.2 Å². The van der Waals surface area contributed by atoms with Crippen molar-refractivity contribution in [2.24, 2.45) is 0 Å². The highest BCUT2D eigenvalue weighted by Crippen LogP contribution is 2.47. The average molecular weight is 594 g/mol. The highest BCUT2D eigenvalue weighted by molar-refractivity contribution is 7.25. The number of hydrogen-bond donors (Lipinski definition) is 0. The van der Waals surface area contributed by atoms with Crippen molar-refractivity contribution in [1.82, 2.24) is 9.55 Å². The predicted molar refractivity (Wildman–Crippen MR) is 190 cm³/mol. The molecule has 0 N–H and O–H groups in total. The number of rotatable bonds is 3. The maximum absolute atomic E-state index is 5.28. The molecule has 1 aliphatic carbocycles. The van der Waals surface area contributed by atoms with Gasteiger partial charge in [-0.2, -0.15) is 0 Å². The zero-order valence-corrected chi connectivity index (χ0v) is 25.2. The lowest BCUT2D eigenvalue weighted by Crippen LogP contribution is -2.29. The second-order valence-electron chi connectivity index (χ2n) is 12.0. The smallest absolute Gasteiger partial charge is 0.134 e. The molecule has 4 heterocycles. The first-order valence-corrected chi connectivity index (χ1v) is 16.3. The highest BCUT2D eigenvalue weighted by Gasteiger charge is 2.37. The second kappa shape index (κ2) is 9.52. The lowest BCUT2D eigenvalue weighted by atomic mass is 9.91. The van der Waals surface area contributed by atoms with Gasteiger partial charge >= 0.3 is 0 Å². The van der Waals surface area contributed by atoms with Crippen LogP contribution in [0, 0.1) is 0 Å². The summed E-state index contributed by atoms with van der Waals surface area (Å²) in [5, 5.41) is 5.11. The highest BCUT2D eigenvalue weighted by atomic mass is 32.1. The van der Waals surface area contributed by atoms with Crippen LogP contribution in [0.2, 0.25) is 0 Å². The molecule has 0 saturated carbocycles. The molecule has 10 rings (SSSR count). The summed E-state index contributed by atoms with van der Waals surface area (Å²) in [6.07, 6.45) is 8.94. The summed E-state index contributed by atoms with van der Waals surface area (Å²) in [6, 6.07) is 46.6. The second-order valence-corrected chi connectivity index (χ2v) is 13.0. The third-order valence-electron chi connectivity index (χ3n) is 9.53. The molecule has 0 bridgehead atoms. The third kappa shape index (κ3) is 3.66. The molecule has 3 aromatic heterocycles. The first-order chi connectivity index (χ1) is 22.3. The maximum atomic E-state index is 5.28.